The molecule has 8 rings (SSSR count). The summed E-state index contributed by atoms with van der Waals surface area (Å²) in [5, 5.41) is 7.50. The highest BCUT2D eigenvalue weighted by molar-refractivity contribution is 7.90. The standard InChI is InChI=1S/C39H45N5O7S/c1-25-34-30(29-14-8-9-15-31(29)40-25)17-18-38(51-34)23-33-35(45)42-39(37(47)44-19-20-52(44,48)49)22-26(39)11-6-4-3-5-7-16-32(36(46)43(33)24-38)41-27-12-10-13-28(21-27)50-2/h6,8-15,21,26,32-33,41H,3-5,7,16-20,22-24H2,1-2H3,(H,42,45). The Hall–Kier alpha value is -4.65. The first kappa shape index (κ1) is 34.4. The van der Waals surface area contributed by atoms with Crippen molar-refractivity contribution in [1.29, 1.82) is 0 Å². The van der Waals surface area contributed by atoms with Crippen molar-refractivity contribution in [2.24, 2.45) is 5.92 Å². The van der Waals surface area contributed by atoms with Gasteiger partial charge in [0.2, 0.25) is 21.8 Å². The van der Waals surface area contributed by atoms with Gasteiger partial charge in [0, 0.05) is 35.0 Å². The number of para-hydroxylation sites is 1. The first-order chi connectivity index (χ1) is 25.0. The van der Waals surface area contributed by atoms with Crippen molar-refractivity contribution in [2.45, 2.75) is 87.9 Å². The highest BCUT2D eigenvalue weighted by atomic mass is 32.2. The van der Waals surface area contributed by atoms with Gasteiger partial charge < -0.3 is 25.0 Å². The smallest absolute Gasteiger partial charge is 0.262 e. The van der Waals surface area contributed by atoms with Gasteiger partial charge in [-0.1, -0.05) is 49.3 Å². The number of hydrogen-bond acceptors (Lipinski definition) is 9. The van der Waals surface area contributed by atoms with E-state index < -0.39 is 45.1 Å². The fraction of sp³-hybridized carbons (Fsp3) is 0.487. The van der Waals surface area contributed by atoms with Gasteiger partial charge in [-0.3, -0.25) is 14.4 Å². The number of pyridine rings is 1. The Balaban J connectivity index is 1.16. The summed E-state index contributed by atoms with van der Waals surface area (Å²) < 4.78 is 38.4. The highest BCUT2D eigenvalue weighted by Gasteiger charge is 2.65. The predicted molar refractivity (Wildman–Crippen MR) is 195 cm³/mol. The number of ether oxygens (including phenoxy) is 2. The number of amides is 3. The Kier molecular flexibility index (Phi) is 8.67. The molecule has 1 saturated carbocycles. The van der Waals surface area contributed by atoms with Gasteiger partial charge in [0.15, 0.2) is 0 Å². The molecule has 3 aromatic rings. The summed E-state index contributed by atoms with van der Waals surface area (Å²) in [5.74, 6) is -0.409. The average molecular weight is 728 g/mol. The number of benzene rings is 2. The van der Waals surface area contributed by atoms with Crippen LogP contribution in [0.3, 0.4) is 0 Å². The van der Waals surface area contributed by atoms with Crippen molar-refractivity contribution < 1.29 is 32.3 Å². The first-order valence-corrected chi connectivity index (χ1v) is 20.0. The van der Waals surface area contributed by atoms with E-state index in [-0.39, 0.29) is 37.1 Å². The van der Waals surface area contributed by atoms with Gasteiger partial charge in [-0.25, -0.2) is 17.7 Å². The molecule has 3 amide bonds. The third-order valence-corrected chi connectivity index (χ3v) is 13.3. The highest BCUT2D eigenvalue weighted by Crippen LogP contribution is 2.49. The number of carbonyl (C=O) groups is 3. The Morgan fingerprint density at radius 2 is 1.94 bits per heavy atom. The van der Waals surface area contributed by atoms with Crippen LogP contribution in [-0.2, 0) is 30.8 Å². The summed E-state index contributed by atoms with van der Waals surface area (Å²) in [5.41, 5.74) is 1.19. The number of methoxy groups -OCH3 is 1. The first-order valence-electron chi connectivity index (χ1n) is 18.3. The van der Waals surface area contributed by atoms with Crippen molar-refractivity contribution >= 4 is 44.3 Å². The minimum Gasteiger partial charge on any atom is -0.497 e. The number of aryl methyl sites for hydroxylation is 2. The molecule has 13 heteroatoms. The molecule has 12 nitrogen and oxygen atoms in total. The lowest BCUT2D eigenvalue weighted by Crippen LogP contribution is -2.61. The molecule has 5 atom stereocenters. The normalized spacial score (nSPS) is 29.8. The molecular formula is C39H45N5O7S. The van der Waals surface area contributed by atoms with Gasteiger partial charge in [-0.15, -0.1) is 0 Å². The van der Waals surface area contributed by atoms with Gasteiger partial charge in [0.1, 0.15) is 34.7 Å². The van der Waals surface area contributed by atoms with Gasteiger partial charge in [-0.2, -0.15) is 0 Å². The summed E-state index contributed by atoms with van der Waals surface area (Å²) in [7, 11) is -2.11. The maximum Gasteiger partial charge on any atom is 0.262 e. The number of aromatic nitrogens is 1. The monoisotopic (exact) mass is 727 g/mol. The number of allylic oxidation sites excluding steroid dienone is 1. The Labute approximate surface area is 304 Å². The van der Waals surface area contributed by atoms with E-state index in [0.717, 1.165) is 57.8 Å². The van der Waals surface area contributed by atoms with Crippen molar-refractivity contribution in [3.63, 3.8) is 0 Å². The fourth-order valence-electron chi connectivity index (χ4n) is 8.54. The molecular weight excluding hydrogens is 683 g/mol. The molecule has 274 valence electrons. The maximum absolute atomic E-state index is 14.9. The number of nitrogens with one attached hydrogen (secondary N) is 2. The molecule has 0 bridgehead atoms. The summed E-state index contributed by atoms with van der Waals surface area (Å²) in [6.07, 6.45) is 9.64. The molecule has 2 N–H and O–H groups in total. The largest absolute Gasteiger partial charge is 0.497 e. The van der Waals surface area contributed by atoms with Crippen LogP contribution in [0.1, 0.15) is 62.6 Å². The van der Waals surface area contributed by atoms with Crippen LogP contribution >= 0.6 is 0 Å². The molecule has 3 fully saturated rings. The second-order valence-corrected chi connectivity index (χ2v) is 17.0. The summed E-state index contributed by atoms with van der Waals surface area (Å²) in [4.78, 5) is 49.8. The molecule has 1 spiro atoms. The van der Waals surface area contributed by atoms with Crippen LogP contribution in [0.25, 0.3) is 10.9 Å². The van der Waals surface area contributed by atoms with E-state index in [1.54, 1.807) is 12.0 Å². The average Bonchev–Trinajstić information content (AvgIpc) is 3.71. The number of fused-ring (bicyclic) bond motifs is 5. The maximum atomic E-state index is 14.9. The van der Waals surface area contributed by atoms with Crippen molar-refractivity contribution in [2.75, 3.05) is 31.3 Å². The second kappa shape index (κ2) is 13.1. The van der Waals surface area contributed by atoms with E-state index in [9.17, 15) is 22.8 Å². The topological polar surface area (TPSA) is 147 Å². The molecule has 5 heterocycles. The van der Waals surface area contributed by atoms with E-state index in [4.69, 9.17) is 14.5 Å². The minimum absolute atomic E-state index is 0.0965. The quantitative estimate of drug-likeness (QED) is 0.377. The van der Waals surface area contributed by atoms with E-state index in [2.05, 4.69) is 10.6 Å². The Morgan fingerprint density at radius 1 is 1.10 bits per heavy atom. The molecule has 2 saturated heterocycles. The van der Waals surface area contributed by atoms with Crippen LogP contribution < -0.4 is 20.1 Å². The zero-order valence-electron chi connectivity index (χ0n) is 29.6. The van der Waals surface area contributed by atoms with Crippen molar-refractivity contribution in [3.8, 4) is 11.5 Å². The van der Waals surface area contributed by atoms with E-state index in [1.165, 1.54) is 0 Å². The number of carbonyl (C=O) groups excluding carboxylic acids is 3. The lowest BCUT2D eigenvalue weighted by Gasteiger charge is -2.36. The SMILES string of the molecule is COc1cccc(NC2CCCCCC=CC3CC3(C(=O)N3CCS3(=O)=O)NC(=O)C3CC4(CCc5c(c(C)nc6ccccc56)O4)CN3C2=O)c1. The zero-order chi connectivity index (χ0) is 36.3. The second-order valence-electron chi connectivity index (χ2n) is 15.0. The molecule has 1 aromatic heterocycles. The van der Waals surface area contributed by atoms with Gasteiger partial charge in [0.25, 0.3) is 5.91 Å². The third-order valence-electron chi connectivity index (χ3n) is 11.6. The van der Waals surface area contributed by atoms with Crippen LogP contribution in [0.5, 0.6) is 11.5 Å². The molecule has 0 radical (unpaired) electrons. The Morgan fingerprint density at radius 3 is 2.73 bits per heavy atom. The molecule has 52 heavy (non-hydrogen) atoms. The molecule has 1 aliphatic carbocycles. The van der Waals surface area contributed by atoms with E-state index in [1.807, 2.05) is 67.6 Å². The van der Waals surface area contributed by atoms with Crippen LogP contribution in [0.15, 0.2) is 60.7 Å². The number of sulfonamides is 1. The molecule has 2 aromatic carbocycles. The summed E-state index contributed by atoms with van der Waals surface area (Å²) in [6, 6.07) is 13.8. The van der Waals surface area contributed by atoms with Crippen LogP contribution in [0.2, 0.25) is 0 Å². The van der Waals surface area contributed by atoms with Crippen LogP contribution in [-0.4, -0.2) is 89.5 Å². The number of anilines is 1. The lowest BCUT2D eigenvalue weighted by atomic mass is 9.87. The summed E-state index contributed by atoms with van der Waals surface area (Å²) in [6.45, 7) is 2.19. The zero-order valence-corrected chi connectivity index (χ0v) is 30.4. The molecule has 5 unspecified atom stereocenters. The van der Waals surface area contributed by atoms with Crippen LogP contribution in [0.4, 0.5) is 5.69 Å². The van der Waals surface area contributed by atoms with Crippen LogP contribution in [0, 0.1) is 12.8 Å². The van der Waals surface area contributed by atoms with E-state index in [0.29, 0.717) is 37.2 Å². The van der Waals surface area contributed by atoms with Crippen molar-refractivity contribution in [3.05, 3.63) is 71.9 Å². The number of rotatable bonds is 4. The van der Waals surface area contributed by atoms with Gasteiger partial charge >= 0.3 is 0 Å². The predicted octanol–water partition coefficient (Wildman–Crippen LogP) is 4.26. The molecule has 5 aliphatic rings. The summed E-state index contributed by atoms with van der Waals surface area (Å²) >= 11 is 0. The van der Waals surface area contributed by atoms with E-state index >= 15 is 0 Å². The molecule has 4 aliphatic heterocycles. The van der Waals surface area contributed by atoms with Crippen molar-refractivity contribution in [1.82, 2.24) is 19.5 Å². The minimum atomic E-state index is -3.70. The third kappa shape index (κ3) is 6.06. The van der Waals surface area contributed by atoms with Gasteiger partial charge in [0.05, 0.1) is 37.2 Å². The lowest BCUT2D eigenvalue weighted by molar-refractivity contribution is -0.141. The number of hydrogen-bond donors (Lipinski definition) is 2. The fourth-order valence-corrected chi connectivity index (χ4v) is 9.62. The van der Waals surface area contributed by atoms with Gasteiger partial charge in [-0.05, 0) is 63.6 Å². The number of nitrogens with zero attached hydrogens (tertiary/aromatic N) is 3. The Bertz CT molecular complexity index is 2090.